The number of pyridine rings is 1. The summed E-state index contributed by atoms with van der Waals surface area (Å²) in [5.74, 6) is -5.02. The third-order valence-corrected chi connectivity index (χ3v) is 6.05. The highest BCUT2D eigenvalue weighted by atomic mass is 35.5. The summed E-state index contributed by atoms with van der Waals surface area (Å²) in [5.41, 5.74) is 1.02. The molecule has 0 saturated heterocycles. The third-order valence-electron chi connectivity index (χ3n) is 5.67. The molecule has 0 aliphatic heterocycles. The number of aromatic nitrogens is 2. The van der Waals surface area contributed by atoms with E-state index >= 15 is 0 Å². The van der Waals surface area contributed by atoms with Crippen molar-refractivity contribution in [3.05, 3.63) is 88.7 Å². The van der Waals surface area contributed by atoms with E-state index < -0.39 is 47.1 Å². The Kier molecular flexibility index (Phi) is 10.5. The molecule has 4 aromatic rings. The first-order valence-corrected chi connectivity index (χ1v) is 12.3. The van der Waals surface area contributed by atoms with E-state index in [0.29, 0.717) is 35.4 Å². The molecule has 0 saturated carbocycles. The van der Waals surface area contributed by atoms with Crippen LogP contribution in [0.1, 0.15) is 29.9 Å². The summed E-state index contributed by atoms with van der Waals surface area (Å²) in [5, 5.41) is 20.0. The lowest BCUT2D eigenvalue weighted by molar-refractivity contribution is -0.192. The second kappa shape index (κ2) is 13.8. The van der Waals surface area contributed by atoms with Crippen molar-refractivity contribution in [3.63, 3.8) is 0 Å². The number of hydrogen-bond acceptors (Lipinski definition) is 5. The van der Waals surface area contributed by atoms with Crippen LogP contribution in [0.5, 0.6) is 5.75 Å². The normalized spacial score (nSPS) is 11.9. The van der Waals surface area contributed by atoms with Gasteiger partial charge in [-0.1, -0.05) is 17.7 Å². The smallest absolute Gasteiger partial charge is 0.490 e. The molecule has 41 heavy (non-hydrogen) atoms. The number of halogens is 6. The highest BCUT2D eigenvalue weighted by Crippen LogP contribution is 2.39. The van der Waals surface area contributed by atoms with E-state index in [2.05, 4.69) is 15.3 Å². The summed E-state index contributed by atoms with van der Waals surface area (Å²) >= 11 is 6.04. The molecule has 0 bridgehead atoms. The molecule has 8 nitrogen and oxygen atoms in total. The van der Waals surface area contributed by atoms with Crippen LogP contribution in [0.2, 0.25) is 5.02 Å². The van der Waals surface area contributed by atoms with Crippen molar-refractivity contribution >= 4 is 40.3 Å². The van der Waals surface area contributed by atoms with E-state index in [1.165, 1.54) is 0 Å². The Balaban J connectivity index is 0.000000587. The maximum absolute atomic E-state index is 14.6. The van der Waals surface area contributed by atoms with Gasteiger partial charge < -0.3 is 25.3 Å². The van der Waals surface area contributed by atoms with Crippen LogP contribution in [-0.2, 0) is 9.59 Å². The minimum absolute atomic E-state index is 0.175. The van der Waals surface area contributed by atoms with Crippen molar-refractivity contribution < 1.29 is 46.5 Å². The average molecular weight is 600 g/mol. The van der Waals surface area contributed by atoms with Gasteiger partial charge in [-0.15, -0.1) is 0 Å². The molecule has 0 radical (unpaired) electrons. The van der Waals surface area contributed by atoms with Gasteiger partial charge in [0, 0.05) is 47.4 Å². The number of anilines is 1. The average Bonchev–Trinajstić information content (AvgIpc) is 3.33. The van der Waals surface area contributed by atoms with E-state index in [1.807, 2.05) is 18.2 Å². The number of benzene rings is 2. The fourth-order valence-corrected chi connectivity index (χ4v) is 4.14. The van der Waals surface area contributed by atoms with Crippen LogP contribution in [-0.4, -0.2) is 51.4 Å². The third kappa shape index (κ3) is 8.55. The lowest BCUT2D eigenvalue weighted by Crippen LogP contribution is -2.21. The number of nitrogens with zero attached hydrogens (tertiary/aromatic N) is 1. The molecule has 1 atom stereocenters. The van der Waals surface area contributed by atoms with E-state index in [1.54, 1.807) is 30.6 Å². The molecule has 0 aliphatic rings. The molecular weight excluding hydrogens is 577 g/mol. The molecule has 0 fully saturated rings. The largest absolute Gasteiger partial charge is 0.493 e. The Labute approximate surface area is 234 Å². The van der Waals surface area contributed by atoms with Crippen molar-refractivity contribution in [1.82, 2.24) is 9.97 Å². The van der Waals surface area contributed by atoms with Crippen LogP contribution in [0.4, 0.5) is 27.8 Å². The molecule has 1 unspecified atom stereocenters. The lowest BCUT2D eigenvalue weighted by Gasteiger charge is -2.18. The van der Waals surface area contributed by atoms with Gasteiger partial charge in [-0.05, 0) is 48.4 Å². The van der Waals surface area contributed by atoms with Crippen LogP contribution in [0, 0.1) is 11.6 Å². The summed E-state index contributed by atoms with van der Waals surface area (Å²) in [6.45, 7) is 1.17. The Bertz CT molecular complexity index is 1500. The number of aliphatic carboxylic acids is 2. The fraction of sp³-hybridized carbons (Fsp3) is 0.222. The Hall–Kier alpha value is -4.39. The highest BCUT2D eigenvalue weighted by Gasteiger charge is 2.38. The van der Waals surface area contributed by atoms with Gasteiger partial charge in [0.25, 0.3) is 0 Å². The summed E-state index contributed by atoms with van der Waals surface area (Å²) in [6, 6.07) is 12.8. The molecule has 0 amide bonds. The quantitative estimate of drug-likeness (QED) is 0.0918. The van der Waals surface area contributed by atoms with Crippen LogP contribution >= 0.6 is 11.6 Å². The molecule has 2 heterocycles. The maximum atomic E-state index is 14.6. The second-order valence-electron chi connectivity index (χ2n) is 8.51. The molecule has 2 aromatic carbocycles. The van der Waals surface area contributed by atoms with Crippen molar-refractivity contribution in [2.45, 2.75) is 24.9 Å². The Morgan fingerprint density at radius 1 is 1.07 bits per heavy atom. The van der Waals surface area contributed by atoms with E-state index in [-0.39, 0.29) is 5.56 Å². The number of nitrogens with one attached hydrogen (secondary N) is 2. The summed E-state index contributed by atoms with van der Waals surface area (Å²) < 4.78 is 66.2. The van der Waals surface area contributed by atoms with E-state index in [9.17, 15) is 31.9 Å². The predicted octanol–water partition coefficient (Wildman–Crippen LogP) is 6.62. The Morgan fingerprint density at radius 3 is 2.41 bits per heavy atom. The zero-order chi connectivity index (χ0) is 30.2. The fourth-order valence-electron chi connectivity index (χ4n) is 3.86. The monoisotopic (exact) mass is 599 g/mol. The standard InChI is InChI=1S/C25H22ClF2N3O3.C2HF3O2/c26-25-20(28)8-7-19(27)24(25)17(13-23(32)33)18-14-31-21-12-15(5-6-16(18)21)34-11-3-10-30-22-4-1-2-9-29-22;3-2(4,5)1(6)7/h1-2,4-9,12,14,17,31H,3,10-11,13H2,(H,29,30)(H,32,33);(H,6,7). The van der Waals surface area contributed by atoms with Crippen LogP contribution in [0.25, 0.3) is 10.9 Å². The van der Waals surface area contributed by atoms with Crippen molar-refractivity contribution in [2.75, 3.05) is 18.5 Å². The lowest BCUT2D eigenvalue weighted by atomic mass is 9.87. The number of carboxylic acid groups (broad SMARTS) is 2. The molecule has 2 aromatic heterocycles. The maximum Gasteiger partial charge on any atom is 0.490 e. The van der Waals surface area contributed by atoms with Gasteiger partial charge in [-0.2, -0.15) is 13.2 Å². The van der Waals surface area contributed by atoms with Gasteiger partial charge in [-0.3, -0.25) is 4.79 Å². The first-order chi connectivity index (χ1) is 19.4. The number of carbonyl (C=O) groups is 2. The molecule has 4 rings (SSSR count). The second-order valence-corrected chi connectivity index (χ2v) is 8.88. The number of H-pyrrole nitrogens is 1. The first-order valence-electron chi connectivity index (χ1n) is 11.9. The summed E-state index contributed by atoms with van der Waals surface area (Å²) in [4.78, 5) is 27.7. The van der Waals surface area contributed by atoms with Gasteiger partial charge >= 0.3 is 18.1 Å². The van der Waals surface area contributed by atoms with E-state index in [4.69, 9.17) is 26.2 Å². The minimum atomic E-state index is -5.08. The number of rotatable bonds is 10. The molecule has 218 valence electrons. The van der Waals surface area contributed by atoms with Gasteiger partial charge in [0.2, 0.25) is 0 Å². The van der Waals surface area contributed by atoms with Crippen molar-refractivity contribution in [1.29, 1.82) is 0 Å². The van der Waals surface area contributed by atoms with Gasteiger partial charge in [-0.25, -0.2) is 18.6 Å². The van der Waals surface area contributed by atoms with Crippen LogP contribution in [0.15, 0.2) is 60.9 Å². The number of ether oxygens (including phenoxy) is 1. The van der Waals surface area contributed by atoms with Gasteiger partial charge in [0.15, 0.2) is 0 Å². The molecule has 4 N–H and O–H groups in total. The molecule has 0 aliphatic carbocycles. The topological polar surface area (TPSA) is 125 Å². The van der Waals surface area contributed by atoms with Gasteiger partial charge in [0.1, 0.15) is 23.2 Å². The number of fused-ring (bicyclic) bond motifs is 1. The van der Waals surface area contributed by atoms with Crippen LogP contribution in [0.3, 0.4) is 0 Å². The zero-order valence-electron chi connectivity index (χ0n) is 21.0. The molecular formula is C27H23ClF5N3O5. The van der Waals surface area contributed by atoms with Crippen molar-refractivity contribution in [3.8, 4) is 5.75 Å². The summed E-state index contributed by atoms with van der Waals surface area (Å²) in [6.07, 6.45) is -1.47. The van der Waals surface area contributed by atoms with Crippen molar-refractivity contribution in [2.24, 2.45) is 0 Å². The highest BCUT2D eigenvalue weighted by molar-refractivity contribution is 6.31. The van der Waals surface area contributed by atoms with E-state index in [0.717, 1.165) is 24.4 Å². The SMILES string of the molecule is O=C(O)C(F)(F)F.O=C(O)CC(c1c(F)ccc(F)c1Cl)c1c[nH]c2cc(OCCCNc3ccccn3)ccc12. The predicted molar refractivity (Wildman–Crippen MR) is 140 cm³/mol. The number of alkyl halides is 3. The molecule has 14 heteroatoms. The summed E-state index contributed by atoms with van der Waals surface area (Å²) in [7, 11) is 0. The number of aromatic amines is 1. The minimum Gasteiger partial charge on any atom is -0.493 e. The molecule has 0 spiro atoms. The number of hydrogen-bond donors (Lipinski definition) is 4. The first kappa shape index (κ1) is 31.1. The number of carboxylic acids is 2. The Morgan fingerprint density at radius 2 is 1.78 bits per heavy atom. The zero-order valence-corrected chi connectivity index (χ0v) is 21.8. The van der Waals surface area contributed by atoms with Gasteiger partial charge in [0.05, 0.1) is 18.1 Å². The van der Waals surface area contributed by atoms with Crippen LogP contribution < -0.4 is 10.1 Å².